The van der Waals surface area contributed by atoms with Crippen LogP contribution >= 0.6 is 0 Å². The van der Waals surface area contributed by atoms with Crippen LogP contribution in [0, 0.1) is 5.41 Å². The Hall–Kier alpha value is -1.79. The van der Waals surface area contributed by atoms with Crippen LogP contribution in [-0.4, -0.2) is 47.5 Å². The predicted molar refractivity (Wildman–Crippen MR) is 65.9 cm³/mol. The lowest BCUT2D eigenvalue weighted by Gasteiger charge is -2.27. The van der Waals surface area contributed by atoms with Crippen LogP contribution in [0.2, 0.25) is 0 Å². The van der Waals surface area contributed by atoms with E-state index in [1.54, 1.807) is 7.05 Å². The fourth-order valence-electron chi connectivity index (χ4n) is 1.44. The van der Waals surface area contributed by atoms with E-state index in [9.17, 15) is 14.4 Å². The van der Waals surface area contributed by atoms with Crippen molar-refractivity contribution in [3.05, 3.63) is 0 Å². The SMILES string of the molecule is CN(CC(C)(C)C)C(=O)N[C@H](CC(N)=O)C(=O)O. The molecule has 0 bridgehead atoms. The van der Waals surface area contributed by atoms with E-state index in [4.69, 9.17) is 10.8 Å². The molecule has 0 radical (unpaired) electrons. The molecule has 4 N–H and O–H groups in total. The lowest BCUT2D eigenvalue weighted by Crippen LogP contribution is -2.49. The van der Waals surface area contributed by atoms with Crippen molar-refractivity contribution in [3.63, 3.8) is 0 Å². The van der Waals surface area contributed by atoms with Gasteiger partial charge in [-0.15, -0.1) is 0 Å². The summed E-state index contributed by atoms with van der Waals surface area (Å²) < 4.78 is 0. The van der Waals surface area contributed by atoms with Crippen molar-refractivity contribution < 1.29 is 19.5 Å². The molecule has 0 fully saturated rings. The Bertz CT molecular complexity index is 336. The molecule has 0 spiro atoms. The van der Waals surface area contributed by atoms with Gasteiger partial charge in [0.15, 0.2) is 0 Å². The highest BCUT2D eigenvalue weighted by molar-refractivity contribution is 5.87. The van der Waals surface area contributed by atoms with Crippen LogP contribution in [0.15, 0.2) is 0 Å². The fraction of sp³-hybridized carbons (Fsp3) is 0.727. The normalized spacial score (nSPS) is 12.7. The molecule has 0 aliphatic heterocycles. The minimum atomic E-state index is -1.29. The van der Waals surface area contributed by atoms with E-state index in [0.717, 1.165) is 0 Å². The summed E-state index contributed by atoms with van der Waals surface area (Å²) in [5.74, 6) is -2.06. The third-order valence-corrected chi connectivity index (χ3v) is 2.06. The van der Waals surface area contributed by atoms with E-state index in [-0.39, 0.29) is 5.41 Å². The molecular weight excluding hydrogens is 238 g/mol. The number of carboxylic acids is 1. The van der Waals surface area contributed by atoms with Crippen molar-refractivity contribution >= 4 is 17.9 Å². The molecular formula is C11H21N3O4. The highest BCUT2D eigenvalue weighted by atomic mass is 16.4. The Labute approximate surface area is 106 Å². The lowest BCUT2D eigenvalue weighted by atomic mass is 9.96. The van der Waals surface area contributed by atoms with Gasteiger partial charge in [0.25, 0.3) is 0 Å². The summed E-state index contributed by atoms with van der Waals surface area (Å²) in [6.45, 7) is 6.32. The van der Waals surface area contributed by atoms with Gasteiger partial charge < -0.3 is 21.1 Å². The second kappa shape index (κ2) is 6.23. The largest absolute Gasteiger partial charge is 0.480 e. The molecule has 0 aliphatic rings. The van der Waals surface area contributed by atoms with Gasteiger partial charge in [0.2, 0.25) is 5.91 Å². The van der Waals surface area contributed by atoms with Crippen LogP contribution in [0.3, 0.4) is 0 Å². The number of rotatable bonds is 5. The molecule has 0 aromatic rings. The summed E-state index contributed by atoms with van der Waals surface area (Å²) >= 11 is 0. The summed E-state index contributed by atoms with van der Waals surface area (Å²) in [5.41, 5.74) is 4.81. The highest BCUT2D eigenvalue weighted by Crippen LogP contribution is 2.14. The quantitative estimate of drug-likeness (QED) is 0.645. The number of aliphatic carboxylic acids is 1. The van der Waals surface area contributed by atoms with Crippen LogP contribution in [0.1, 0.15) is 27.2 Å². The van der Waals surface area contributed by atoms with Crippen molar-refractivity contribution in [2.75, 3.05) is 13.6 Å². The van der Waals surface area contributed by atoms with Crippen molar-refractivity contribution in [2.45, 2.75) is 33.2 Å². The molecule has 1 atom stereocenters. The number of carbonyl (C=O) groups excluding carboxylic acids is 2. The third kappa shape index (κ3) is 6.72. The van der Waals surface area contributed by atoms with Gasteiger partial charge in [-0.25, -0.2) is 9.59 Å². The van der Waals surface area contributed by atoms with Crippen molar-refractivity contribution in [3.8, 4) is 0 Å². The zero-order valence-corrected chi connectivity index (χ0v) is 11.2. The smallest absolute Gasteiger partial charge is 0.326 e. The Kier molecular flexibility index (Phi) is 5.61. The molecule has 7 heteroatoms. The summed E-state index contributed by atoms with van der Waals surface area (Å²) in [5, 5.41) is 11.1. The van der Waals surface area contributed by atoms with Gasteiger partial charge in [0.1, 0.15) is 6.04 Å². The minimum absolute atomic E-state index is 0.103. The first kappa shape index (κ1) is 16.2. The van der Waals surface area contributed by atoms with Crippen molar-refractivity contribution in [2.24, 2.45) is 11.1 Å². The first-order valence-electron chi connectivity index (χ1n) is 5.55. The van der Waals surface area contributed by atoms with Crippen LogP contribution < -0.4 is 11.1 Å². The van der Waals surface area contributed by atoms with E-state index >= 15 is 0 Å². The molecule has 0 heterocycles. The molecule has 0 saturated heterocycles. The molecule has 0 aliphatic carbocycles. The Morgan fingerprint density at radius 2 is 1.83 bits per heavy atom. The monoisotopic (exact) mass is 259 g/mol. The molecule has 0 aromatic carbocycles. The van der Waals surface area contributed by atoms with Crippen LogP contribution in [0.25, 0.3) is 0 Å². The number of hydrogen-bond acceptors (Lipinski definition) is 3. The summed E-state index contributed by atoms with van der Waals surface area (Å²) in [7, 11) is 1.56. The van der Waals surface area contributed by atoms with Gasteiger partial charge in [0, 0.05) is 13.6 Å². The molecule has 0 rings (SSSR count). The number of primary amides is 1. The standard InChI is InChI=1S/C11H21N3O4/c1-11(2,3)6-14(4)10(18)13-7(9(16)17)5-8(12)15/h7H,5-6H2,1-4H3,(H2,12,15)(H,13,18)(H,16,17)/t7-/m1/s1. The predicted octanol–water partition coefficient (Wildman–Crippen LogP) is 0.00250. The summed E-state index contributed by atoms with van der Waals surface area (Å²) in [6.07, 6.45) is -0.426. The van der Waals surface area contributed by atoms with Crippen LogP contribution in [-0.2, 0) is 9.59 Å². The Morgan fingerprint density at radius 1 is 1.33 bits per heavy atom. The van der Waals surface area contributed by atoms with Crippen molar-refractivity contribution in [1.29, 1.82) is 0 Å². The van der Waals surface area contributed by atoms with Gasteiger partial charge in [-0.2, -0.15) is 0 Å². The lowest BCUT2D eigenvalue weighted by molar-refractivity contribution is -0.140. The molecule has 0 aromatic heterocycles. The maximum Gasteiger partial charge on any atom is 0.326 e. The zero-order chi connectivity index (χ0) is 14.5. The van der Waals surface area contributed by atoms with E-state index < -0.39 is 30.4 Å². The first-order valence-corrected chi connectivity index (χ1v) is 5.55. The fourth-order valence-corrected chi connectivity index (χ4v) is 1.44. The molecule has 104 valence electrons. The second-order valence-corrected chi connectivity index (χ2v) is 5.43. The summed E-state index contributed by atoms with van der Waals surface area (Å²) in [6, 6.07) is -1.84. The van der Waals surface area contributed by atoms with E-state index in [0.29, 0.717) is 6.54 Å². The van der Waals surface area contributed by atoms with Gasteiger partial charge in [-0.3, -0.25) is 4.79 Å². The van der Waals surface area contributed by atoms with Gasteiger partial charge in [0.05, 0.1) is 6.42 Å². The third-order valence-electron chi connectivity index (χ3n) is 2.06. The number of hydrogen-bond donors (Lipinski definition) is 3. The van der Waals surface area contributed by atoms with Crippen LogP contribution in [0.4, 0.5) is 4.79 Å². The number of carboxylic acid groups (broad SMARTS) is 1. The number of nitrogens with zero attached hydrogens (tertiary/aromatic N) is 1. The van der Waals surface area contributed by atoms with Gasteiger partial charge in [-0.1, -0.05) is 20.8 Å². The average molecular weight is 259 g/mol. The van der Waals surface area contributed by atoms with E-state index in [1.165, 1.54) is 4.90 Å². The van der Waals surface area contributed by atoms with E-state index in [1.807, 2.05) is 20.8 Å². The van der Waals surface area contributed by atoms with Gasteiger partial charge in [-0.05, 0) is 5.41 Å². The molecule has 0 saturated carbocycles. The number of nitrogens with one attached hydrogen (secondary N) is 1. The number of nitrogens with two attached hydrogens (primary N) is 1. The topological polar surface area (TPSA) is 113 Å². The molecule has 3 amide bonds. The Balaban J connectivity index is 4.50. The average Bonchev–Trinajstić information content (AvgIpc) is 2.12. The second-order valence-electron chi connectivity index (χ2n) is 5.43. The van der Waals surface area contributed by atoms with Crippen molar-refractivity contribution in [1.82, 2.24) is 10.2 Å². The highest BCUT2D eigenvalue weighted by Gasteiger charge is 2.25. The first-order chi connectivity index (χ1) is 8.03. The summed E-state index contributed by atoms with van der Waals surface area (Å²) in [4.78, 5) is 34.6. The Morgan fingerprint density at radius 3 is 2.17 bits per heavy atom. The zero-order valence-electron chi connectivity index (χ0n) is 11.2. The minimum Gasteiger partial charge on any atom is -0.480 e. The molecule has 0 unspecified atom stereocenters. The molecule has 18 heavy (non-hydrogen) atoms. The maximum atomic E-state index is 11.7. The molecule has 7 nitrogen and oxygen atoms in total. The van der Waals surface area contributed by atoms with E-state index in [2.05, 4.69) is 5.32 Å². The number of urea groups is 1. The number of carbonyl (C=O) groups is 3. The van der Waals surface area contributed by atoms with Gasteiger partial charge >= 0.3 is 12.0 Å². The maximum absolute atomic E-state index is 11.7. The number of amides is 3. The van der Waals surface area contributed by atoms with Crippen LogP contribution in [0.5, 0.6) is 0 Å².